The molecule has 0 saturated carbocycles. The fraction of sp³-hybridized carbons (Fsp3) is 0.0676. The number of pyridine rings is 4. The SMILES string of the molecule is CC1(c2cccc(-c3cc(-c4cccc(-c5cccnc5)c4)cc(-c4cccc(-c5cncc(-c6cccc(-c7cc(-c8cccc(-c9cccnc9)c8)cc(C8C=CC=C(c9cccnc9)C8)c7)c6)c5)c4)c3)c2)C=CC=NC1. The van der Waals surface area contributed by atoms with E-state index in [9.17, 15) is 0 Å². The highest BCUT2D eigenvalue weighted by Crippen LogP contribution is 2.41. The minimum absolute atomic E-state index is 0.180. The van der Waals surface area contributed by atoms with Crippen molar-refractivity contribution >= 4 is 11.8 Å². The topological polar surface area (TPSA) is 63.9 Å². The van der Waals surface area contributed by atoms with Gasteiger partial charge in [0.2, 0.25) is 0 Å². The molecule has 0 spiro atoms. The summed E-state index contributed by atoms with van der Waals surface area (Å²) in [6.45, 7) is 2.99. The molecule has 2 aliphatic rings. The van der Waals surface area contributed by atoms with Gasteiger partial charge in [-0.25, -0.2) is 0 Å². The number of benzene rings is 7. The summed E-state index contributed by atoms with van der Waals surface area (Å²) in [5, 5.41) is 0. The molecule has 2 atom stereocenters. The highest BCUT2D eigenvalue weighted by molar-refractivity contribution is 5.86. The van der Waals surface area contributed by atoms with Gasteiger partial charge in [-0.3, -0.25) is 24.9 Å². The Bertz CT molecular complexity index is 4160. The molecule has 0 amide bonds. The van der Waals surface area contributed by atoms with Gasteiger partial charge in [-0.15, -0.1) is 0 Å². The molecule has 7 aromatic carbocycles. The Hall–Kier alpha value is -9.97. The predicted molar refractivity (Wildman–Crippen MR) is 327 cm³/mol. The monoisotopic (exact) mass is 1010 g/mol. The third kappa shape index (κ3) is 10.5. The molecule has 1 aliphatic carbocycles. The van der Waals surface area contributed by atoms with Crippen molar-refractivity contribution < 1.29 is 0 Å². The zero-order valence-electron chi connectivity index (χ0n) is 43.9. The fourth-order valence-corrected chi connectivity index (χ4v) is 11.2. The number of rotatable bonds is 12. The molecule has 0 fully saturated rings. The van der Waals surface area contributed by atoms with Crippen LogP contribution in [0.25, 0.3) is 106 Å². The summed E-state index contributed by atoms with van der Waals surface area (Å²) < 4.78 is 0. The van der Waals surface area contributed by atoms with E-state index in [-0.39, 0.29) is 11.3 Å². The molecule has 5 heterocycles. The van der Waals surface area contributed by atoms with Crippen molar-refractivity contribution in [2.45, 2.75) is 24.7 Å². The maximum absolute atomic E-state index is 4.89. The van der Waals surface area contributed by atoms with Crippen molar-refractivity contribution in [3.63, 3.8) is 0 Å². The molecule has 0 radical (unpaired) electrons. The van der Waals surface area contributed by atoms with E-state index in [1.54, 1.807) is 0 Å². The Labute approximate surface area is 462 Å². The van der Waals surface area contributed by atoms with Gasteiger partial charge in [-0.1, -0.05) is 159 Å². The smallest absolute Gasteiger partial charge is 0.0518 e. The maximum Gasteiger partial charge on any atom is 0.0518 e. The maximum atomic E-state index is 4.89. The van der Waals surface area contributed by atoms with Crippen LogP contribution in [0.4, 0.5) is 0 Å². The fourth-order valence-electron chi connectivity index (χ4n) is 11.2. The molecule has 2 unspecified atom stereocenters. The Morgan fingerprint density at radius 3 is 1.19 bits per heavy atom. The third-order valence-corrected chi connectivity index (χ3v) is 15.5. The molecule has 5 heteroatoms. The Kier molecular flexibility index (Phi) is 13.3. The highest BCUT2D eigenvalue weighted by atomic mass is 14.7. The molecule has 13 rings (SSSR count). The van der Waals surface area contributed by atoms with E-state index in [0.717, 1.165) is 108 Å². The van der Waals surface area contributed by atoms with Gasteiger partial charge < -0.3 is 0 Å². The normalized spacial score (nSPS) is 15.7. The van der Waals surface area contributed by atoms with E-state index >= 15 is 0 Å². The molecule has 1 aliphatic heterocycles. The van der Waals surface area contributed by atoms with E-state index in [4.69, 9.17) is 4.98 Å². The lowest BCUT2D eigenvalue weighted by atomic mass is 9.80. The van der Waals surface area contributed by atoms with Crippen LogP contribution >= 0.6 is 0 Å². The summed E-state index contributed by atoms with van der Waals surface area (Å²) in [6.07, 6.45) is 29.1. The molecule has 4 aromatic heterocycles. The number of dihydropyridines is 1. The van der Waals surface area contributed by atoms with Gasteiger partial charge in [-0.05, 0) is 185 Å². The number of hydrogen-bond acceptors (Lipinski definition) is 5. The summed E-state index contributed by atoms with van der Waals surface area (Å²) in [5.41, 5.74) is 25.0. The van der Waals surface area contributed by atoms with Crippen molar-refractivity contribution in [2.75, 3.05) is 6.54 Å². The number of aromatic nitrogens is 4. The van der Waals surface area contributed by atoms with Crippen LogP contribution < -0.4 is 0 Å². The Balaban J connectivity index is 0.855. The quantitative estimate of drug-likeness (QED) is 0.122. The minimum Gasteiger partial charge on any atom is -0.292 e. The summed E-state index contributed by atoms with van der Waals surface area (Å²) in [5.74, 6) is 0.187. The Morgan fingerprint density at radius 2 is 0.734 bits per heavy atom. The van der Waals surface area contributed by atoms with E-state index in [2.05, 4.69) is 239 Å². The van der Waals surface area contributed by atoms with Gasteiger partial charge in [-0.2, -0.15) is 0 Å². The second-order valence-electron chi connectivity index (χ2n) is 20.9. The predicted octanol–water partition coefficient (Wildman–Crippen LogP) is 18.3. The number of hydrogen-bond donors (Lipinski definition) is 0. The zero-order valence-corrected chi connectivity index (χ0v) is 43.9. The van der Waals surface area contributed by atoms with Crippen molar-refractivity contribution in [3.05, 3.63) is 297 Å². The summed E-state index contributed by atoms with van der Waals surface area (Å²) in [4.78, 5) is 22.8. The number of allylic oxidation sites excluding steroid dienone is 5. The largest absolute Gasteiger partial charge is 0.292 e. The highest BCUT2D eigenvalue weighted by Gasteiger charge is 2.25. The second kappa shape index (κ2) is 21.6. The van der Waals surface area contributed by atoms with Gasteiger partial charge in [0.15, 0.2) is 0 Å². The van der Waals surface area contributed by atoms with Gasteiger partial charge in [0.25, 0.3) is 0 Å². The number of aliphatic imine (C=N–C) groups is 1. The van der Waals surface area contributed by atoms with Crippen LogP contribution in [0.3, 0.4) is 0 Å². The Morgan fingerprint density at radius 1 is 0.354 bits per heavy atom. The van der Waals surface area contributed by atoms with Crippen LogP contribution in [0.15, 0.2) is 285 Å². The number of nitrogens with zero attached hydrogens (tertiary/aromatic N) is 5. The summed E-state index contributed by atoms with van der Waals surface area (Å²) in [6, 6.07) is 73.1. The summed E-state index contributed by atoms with van der Waals surface area (Å²) in [7, 11) is 0. The molecule has 0 N–H and O–H groups in total. The lowest BCUT2D eigenvalue weighted by Gasteiger charge is -2.27. The molecular formula is C74H55N5. The summed E-state index contributed by atoms with van der Waals surface area (Å²) >= 11 is 0. The second-order valence-corrected chi connectivity index (χ2v) is 20.9. The van der Waals surface area contributed by atoms with Gasteiger partial charge in [0, 0.05) is 89.4 Å². The average Bonchev–Trinajstić information content (AvgIpc) is 3.58. The van der Waals surface area contributed by atoms with E-state index in [1.165, 1.54) is 27.8 Å². The van der Waals surface area contributed by atoms with Crippen LogP contribution in [-0.4, -0.2) is 32.7 Å². The van der Waals surface area contributed by atoms with E-state index in [0.29, 0.717) is 0 Å². The first-order valence-electron chi connectivity index (χ1n) is 27.0. The first-order valence-corrected chi connectivity index (χ1v) is 27.0. The van der Waals surface area contributed by atoms with Crippen molar-refractivity contribution in [1.29, 1.82) is 0 Å². The molecular weight excluding hydrogens is 959 g/mol. The average molecular weight is 1010 g/mol. The molecule has 0 bridgehead atoms. The first-order chi connectivity index (χ1) is 38.9. The minimum atomic E-state index is -0.180. The van der Waals surface area contributed by atoms with Crippen molar-refractivity contribution in [3.8, 4) is 100 Å². The first kappa shape index (κ1) is 48.7. The molecule has 11 aromatic rings. The molecule has 0 saturated heterocycles. The molecule has 79 heavy (non-hydrogen) atoms. The van der Waals surface area contributed by atoms with Crippen LogP contribution in [-0.2, 0) is 5.41 Å². The lowest BCUT2D eigenvalue weighted by molar-refractivity contribution is 0.606. The van der Waals surface area contributed by atoms with Crippen molar-refractivity contribution in [2.24, 2.45) is 4.99 Å². The van der Waals surface area contributed by atoms with Crippen LogP contribution in [0.1, 0.15) is 36.0 Å². The van der Waals surface area contributed by atoms with Crippen molar-refractivity contribution in [1.82, 2.24) is 19.9 Å². The van der Waals surface area contributed by atoms with Gasteiger partial charge in [0.05, 0.1) is 6.54 Å². The lowest BCUT2D eigenvalue weighted by Crippen LogP contribution is -2.24. The van der Waals surface area contributed by atoms with Crippen LogP contribution in [0.5, 0.6) is 0 Å². The standard InChI is InChI=1S/C74H55N5/c1-74(27-11-31-78-50-74)73-26-7-22-61(44-73)70-41-68(56-17-4-14-53(34-56)64-25-10-30-77-47-64)40-69(42-70)58-19-6-21-60(36-58)72-43-71(48-79-49-72)59-20-5-18-57(35-59)67-38-65(54-15-2-12-51(32-54)62-23-8-28-75-45-62)37-66(39-67)55-16-3-13-52(33-55)63-24-9-29-76-46-63/h2-32,34-49,55H,33,50H2,1H3. The van der Waals surface area contributed by atoms with Gasteiger partial charge >= 0.3 is 0 Å². The van der Waals surface area contributed by atoms with Crippen LogP contribution in [0.2, 0.25) is 0 Å². The van der Waals surface area contributed by atoms with E-state index < -0.39 is 0 Å². The molecule has 5 nitrogen and oxygen atoms in total. The van der Waals surface area contributed by atoms with Crippen LogP contribution in [0, 0.1) is 0 Å². The molecule has 376 valence electrons. The van der Waals surface area contributed by atoms with Gasteiger partial charge in [0.1, 0.15) is 0 Å². The zero-order chi connectivity index (χ0) is 53.0. The van der Waals surface area contributed by atoms with E-state index in [1.807, 2.05) is 74.0 Å². The third-order valence-electron chi connectivity index (χ3n) is 15.5.